The molecule has 0 amide bonds. The van der Waals surface area contributed by atoms with E-state index in [9.17, 15) is 8.42 Å². The van der Waals surface area contributed by atoms with Crippen molar-refractivity contribution in [1.82, 2.24) is 24.2 Å². The van der Waals surface area contributed by atoms with Gasteiger partial charge < -0.3 is 9.55 Å². The van der Waals surface area contributed by atoms with Gasteiger partial charge in [-0.2, -0.15) is 0 Å². The van der Waals surface area contributed by atoms with Crippen molar-refractivity contribution in [1.29, 1.82) is 0 Å². The first kappa shape index (κ1) is 14.4. The van der Waals surface area contributed by atoms with Gasteiger partial charge >= 0.3 is 0 Å². The van der Waals surface area contributed by atoms with Crippen LogP contribution >= 0.6 is 0 Å². The average molecular weight is 345 g/mol. The fourth-order valence-electron chi connectivity index (χ4n) is 4.39. The van der Waals surface area contributed by atoms with Crippen LogP contribution in [-0.4, -0.2) is 38.7 Å². The summed E-state index contributed by atoms with van der Waals surface area (Å²) >= 11 is 0. The van der Waals surface area contributed by atoms with Crippen LogP contribution in [0.1, 0.15) is 33.1 Å². The molecule has 0 saturated heterocycles. The molecule has 126 valence electrons. The highest BCUT2D eigenvalue weighted by molar-refractivity contribution is 7.90. The lowest BCUT2D eigenvalue weighted by Gasteiger charge is -2.70. The number of aromatic amines is 1. The number of sulfonamides is 1. The van der Waals surface area contributed by atoms with Gasteiger partial charge in [0.05, 0.1) is 28.8 Å². The average Bonchev–Trinajstić information content (AvgIpc) is 3.06. The van der Waals surface area contributed by atoms with E-state index in [1.807, 2.05) is 18.6 Å². The van der Waals surface area contributed by atoms with Crippen LogP contribution in [-0.2, 0) is 15.6 Å². The topological polar surface area (TPSA) is 92.7 Å². The first-order chi connectivity index (χ1) is 11.3. The predicted molar refractivity (Wildman–Crippen MR) is 91.1 cm³/mol. The summed E-state index contributed by atoms with van der Waals surface area (Å²) in [5, 5.41) is 0.661. The Bertz CT molecular complexity index is 1060. The van der Waals surface area contributed by atoms with Crippen molar-refractivity contribution in [2.75, 3.05) is 0 Å². The zero-order chi connectivity index (χ0) is 16.7. The van der Waals surface area contributed by atoms with E-state index in [0.717, 1.165) is 41.3 Å². The zero-order valence-electron chi connectivity index (χ0n) is 13.6. The Hall–Kier alpha value is -1.93. The van der Waals surface area contributed by atoms with Crippen molar-refractivity contribution in [3.8, 4) is 0 Å². The lowest BCUT2D eigenvalue weighted by Crippen LogP contribution is -2.78. The molecule has 8 heteroatoms. The number of aromatic nitrogens is 4. The van der Waals surface area contributed by atoms with E-state index in [1.165, 1.54) is 0 Å². The molecular weight excluding hydrogens is 326 g/mol. The first-order valence-electron chi connectivity index (χ1n) is 8.17. The van der Waals surface area contributed by atoms with Crippen molar-refractivity contribution in [2.45, 2.75) is 49.4 Å². The van der Waals surface area contributed by atoms with Crippen molar-refractivity contribution < 1.29 is 8.42 Å². The van der Waals surface area contributed by atoms with Crippen LogP contribution in [0.5, 0.6) is 0 Å². The Kier molecular flexibility index (Phi) is 2.51. The number of nitrogens with one attached hydrogen (secondary N) is 2. The Balaban J connectivity index is 1.51. The number of imidazole rings is 1. The summed E-state index contributed by atoms with van der Waals surface area (Å²) in [5.74, 6) is 0. The van der Waals surface area contributed by atoms with Crippen LogP contribution in [0.25, 0.3) is 22.1 Å². The lowest BCUT2D eigenvalue weighted by molar-refractivity contribution is -0.122. The summed E-state index contributed by atoms with van der Waals surface area (Å²) < 4.78 is 29.5. The maximum Gasteiger partial charge on any atom is 0.214 e. The normalized spacial score (nSPS) is 29.1. The summed E-state index contributed by atoms with van der Waals surface area (Å²) in [6.07, 6.45) is 8.02. The molecule has 24 heavy (non-hydrogen) atoms. The van der Waals surface area contributed by atoms with Gasteiger partial charge in [0.1, 0.15) is 11.2 Å². The molecule has 7 nitrogen and oxygen atoms in total. The highest BCUT2D eigenvalue weighted by Crippen LogP contribution is 2.66. The fraction of sp³-hybridized carbons (Fsp3) is 0.500. The summed E-state index contributed by atoms with van der Waals surface area (Å²) in [6, 6.07) is 2.02. The second kappa shape index (κ2) is 4.18. The summed E-state index contributed by atoms with van der Waals surface area (Å²) in [4.78, 5) is 12.0. The molecule has 3 saturated carbocycles. The van der Waals surface area contributed by atoms with E-state index in [0.29, 0.717) is 0 Å². The van der Waals surface area contributed by atoms with Crippen LogP contribution in [0.3, 0.4) is 0 Å². The van der Waals surface area contributed by atoms with E-state index in [2.05, 4.69) is 24.2 Å². The van der Waals surface area contributed by atoms with Crippen molar-refractivity contribution in [2.24, 2.45) is 0 Å². The van der Waals surface area contributed by atoms with Gasteiger partial charge in [-0.1, -0.05) is 0 Å². The maximum absolute atomic E-state index is 12.2. The smallest absolute Gasteiger partial charge is 0.214 e. The van der Waals surface area contributed by atoms with E-state index in [1.54, 1.807) is 20.0 Å². The molecule has 3 aromatic heterocycles. The number of fused-ring (bicyclic) bond motifs is 3. The number of hydrogen-bond donors (Lipinski definition) is 2. The van der Waals surface area contributed by atoms with Crippen LogP contribution in [0, 0.1) is 0 Å². The fourth-order valence-corrected chi connectivity index (χ4v) is 5.44. The third-order valence-electron chi connectivity index (χ3n) is 5.58. The van der Waals surface area contributed by atoms with Crippen LogP contribution in [0.4, 0.5) is 0 Å². The standard InChI is InChI=1S/C16H19N5O2S/c1-10(2)24(22,23)20-15-6-16(7-15,8-15)21-9-19-12-5-18-14-11(13(12)21)3-4-17-14/h3-5,9-10,20H,6-8H2,1-2H3,(H,17,18). The third kappa shape index (κ3) is 1.67. The van der Waals surface area contributed by atoms with Gasteiger partial charge in [0.2, 0.25) is 10.0 Å². The molecule has 0 atom stereocenters. The number of rotatable bonds is 4. The number of pyridine rings is 1. The molecule has 3 fully saturated rings. The molecule has 0 aromatic carbocycles. The van der Waals surface area contributed by atoms with E-state index in [-0.39, 0.29) is 11.1 Å². The van der Waals surface area contributed by atoms with E-state index >= 15 is 0 Å². The second-order valence-electron chi connectivity index (χ2n) is 7.58. The van der Waals surface area contributed by atoms with Gasteiger partial charge in [-0.15, -0.1) is 0 Å². The van der Waals surface area contributed by atoms with Gasteiger partial charge in [-0.05, 0) is 39.2 Å². The first-order valence-corrected chi connectivity index (χ1v) is 9.71. The largest absolute Gasteiger partial charge is 0.346 e. The molecule has 0 radical (unpaired) electrons. The molecule has 3 aromatic rings. The van der Waals surface area contributed by atoms with E-state index in [4.69, 9.17) is 0 Å². The van der Waals surface area contributed by atoms with Gasteiger partial charge in [0, 0.05) is 17.1 Å². The molecule has 3 aliphatic rings. The minimum Gasteiger partial charge on any atom is -0.346 e. The third-order valence-corrected chi connectivity index (χ3v) is 7.54. The quantitative estimate of drug-likeness (QED) is 0.755. The Labute approximate surface area is 139 Å². The van der Waals surface area contributed by atoms with Gasteiger partial charge in [0.15, 0.2) is 0 Å². The minimum absolute atomic E-state index is 0.0141. The monoisotopic (exact) mass is 345 g/mol. The summed E-state index contributed by atoms with van der Waals surface area (Å²) in [6.45, 7) is 3.42. The molecule has 0 unspecified atom stereocenters. The Morgan fingerprint density at radius 3 is 2.75 bits per heavy atom. The van der Waals surface area contributed by atoms with Crippen molar-refractivity contribution in [3.63, 3.8) is 0 Å². The van der Waals surface area contributed by atoms with Gasteiger partial charge in [-0.25, -0.2) is 23.1 Å². The Morgan fingerprint density at radius 2 is 2.04 bits per heavy atom. The summed E-state index contributed by atoms with van der Waals surface area (Å²) in [7, 11) is -3.23. The molecule has 2 N–H and O–H groups in total. The number of hydrogen-bond acceptors (Lipinski definition) is 4. The second-order valence-corrected chi connectivity index (χ2v) is 9.81. The predicted octanol–water partition coefficient (Wildman–Crippen LogP) is 1.87. The highest BCUT2D eigenvalue weighted by atomic mass is 32.2. The lowest BCUT2D eigenvalue weighted by atomic mass is 9.44. The molecule has 2 bridgehead atoms. The van der Waals surface area contributed by atoms with Crippen LogP contribution in [0.2, 0.25) is 0 Å². The molecule has 0 spiro atoms. The number of nitrogens with zero attached hydrogens (tertiary/aromatic N) is 3. The summed E-state index contributed by atoms with van der Waals surface area (Å²) in [5.41, 5.74) is 2.54. The molecule has 3 aliphatic carbocycles. The maximum atomic E-state index is 12.2. The molecular formula is C16H19N5O2S. The van der Waals surface area contributed by atoms with Gasteiger partial charge in [0.25, 0.3) is 0 Å². The van der Waals surface area contributed by atoms with E-state index < -0.39 is 15.3 Å². The van der Waals surface area contributed by atoms with Crippen LogP contribution in [0.15, 0.2) is 24.8 Å². The Morgan fingerprint density at radius 1 is 1.29 bits per heavy atom. The van der Waals surface area contributed by atoms with Crippen molar-refractivity contribution in [3.05, 3.63) is 24.8 Å². The molecule has 3 heterocycles. The number of H-pyrrole nitrogens is 1. The molecule has 6 rings (SSSR count). The molecule has 0 aliphatic heterocycles. The SMILES string of the molecule is CC(C)S(=O)(=O)NC12CC(n3cnc4cnc5[nH]ccc5c43)(C1)C2. The van der Waals surface area contributed by atoms with Crippen LogP contribution < -0.4 is 4.72 Å². The van der Waals surface area contributed by atoms with Gasteiger partial charge in [-0.3, -0.25) is 0 Å². The van der Waals surface area contributed by atoms with Crippen molar-refractivity contribution >= 4 is 32.1 Å². The minimum atomic E-state index is -3.23. The highest BCUT2D eigenvalue weighted by Gasteiger charge is 2.70. The zero-order valence-corrected chi connectivity index (χ0v) is 14.4.